The molecule has 39 heavy (non-hydrogen) atoms. The third kappa shape index (κ3) is 7.26. The van der Waals surface area contributed by atoms with Crippen LogP contribution in [0.5, 0.6) is 0 Å². The van der Waals surface area contributed by atoms with Gasteiger partial charge >= 0.3 is 0 Å². The number of hydrogen-bond acceptors (Lipinski definition) is 4. The third-order valence-electron chi connectivity index (χ3n) is 6.73. The van der Waals surface area contributed by atoms with Crippen molar-refractivity contribution >= 4 is 27.5 Å². The fourth-order valence-corrected chi connectivity index (χ4v) is 5.81. The molecule has 2 amide bonds. The second kappa shape index (κ2) is 12.9. The fraction of sp³-hybridized carbons (Fsp3) is 0.355. The highest BCUT2D eigenvalue weighted by Gasteiger charge is 2.33. The molecule has 0 aliphatic rings. The summed E-state index contributed by atoms with van der Waals surface area (Å²) in [6.07, 6.45) is 0.588. The Balaban J connectivity index is 2.08. The Bertz CT molecular complexity index is 1400. The molecule has 1 atom stereocenters. The van der Waals surface area contributed by atoms with Gasteiger partial charge in [0.25, 0.3) is 10.0 Å². The van der Waals surface area contributed by atoms with Gasteiger partial charge in [-0.3, -0.25) is 13.9 Å². The third-order valence-corrected chi connectivity index (χ3v) is 8.50. The van der Waals surface area contributed by atoms with Crippen LogP contribution in [0.3, 0.4) is 0 Å². The van der Waals surface area contributed by atoms with Gasteiger partial charge in [0, 0.05) is 12.6 Å². The van der Waals surface area contributed by atoms with Crippen molar-refractivity contribution in [3.63, 3.8) is 0 Å². The molecule has 3 aromatic carbocycles. The van der Waals surface area contributed by atoms with Crippen LogP contribution in [0.4, 0.5) is 5.69 Å². The van der Waals surface area contributed by atoms with Gasteiger partial charge in [0.2, 0.25) is 11.8 Å². The first-order valence-corrected chi connectivity index (χ1v) is 14.7. The molecule has 3 aromatic rings. The van der Waals surface area contributed by atoms with E-state index in [0.717, 1.165) is 22.3 Å². The van der Waals surface area contributed by atoms with Crippen molar-refractivity contribution in [3.8, 4) is 0 Å². The monoisotopic (exact) mass is 549 g/mol. The van der Waals surface area contributed by atoms with Crippen LogP contribution in [0.1, 0.15) is 49.9 Å². The SMILES string of the molecule is CCc1ccccc1N(CC(=O)N(Cc1ccccc1C)[C@H](C)C(=O)NC(C)C)S(=O)(=O)c1ccc(C)cc1. The molecule has 7 nitrogen and oxygen atoms in total. The van der Waals surface area contributed by atoms with Crippen LogP contribution in [0.2, 0.25) is 0 Å². The van der Waals surface area contributed by atoms with Crippen molar-refractivity contribution in [2.24, 2.45) is 0 Å². The van der Waals surface area contributed by atoms with Crippen molar-refractivity contribution < 1.29 is 18.0 Å². The molecule has 0 saturated heterocycles. The Morgan fingerprint density at radius 3 is 2.03 bits per heavy atom. The van der Waals surface area contributed by atoms with E-state index in [4.69, 9.17) is 0 Å². The number of nitrogens with one attached hydrogen (secondary N) is 1. The summed E-state index contributed by atoms with van der Waals surface area (Å²) in [7, 11) is -4.09. The average Bonchev–Trinajstić information content (AvgIpc) is 2.90. The van der Waals surface area contributed by atoms with Gasteiger partial charge in [-0.25, -0.2) is 8.42 Å². The van der Waals surface area contributed by atoms with Gasteiger partial charge < -0.3 is 10.2 Å². The Labute approximate surface area is 232 Å². The van der Waals surface area contributed by atoms with Crippen LogP contribution in [-0.2, 0) is 32.6 Å². The van der Waals surface area contributed by atoms with E-state index in [2.05, 4.69) is 5.32 Å². The maximum absolute atomic E-state index is 14.0. The highest BCUT2D eigenvalue weighted by Crippen LogP contribution is 2.28. The molecule has 0 fully saturated rings. The van der Waals surface area contributed by atoms with Gasteiger partial charge in [-0.05, 0) is 75.9 Å². The molecule has 0 radical (unpaired) electrons. The summed E-state index contributed by atoms with van der Waals surface area (Å²) in [4.78, 5) is 28.7. The molecule has 0 aromatic heterocycles. The first kappa shape index (κ1) is 29.9. The number of carbonyl (C=O) groups is 2. The summed E-state index contributed by atoms with van der Waals surface area (Å²) in [5.41, 5.74) is 4.05. The molecule has 8 heteroatoms. The van der Waals surface area contributed by atoms with Gasteiger partial charge in [0.05, 0.1) is 10.6 Å². The average molecular weight is 550 g/mol. The predicted octanol–water partition coefficient (Wildman–Crippen LogP) is 5.00. The van der Waals surface area contributed by atoms with Crippen LogP contribution < -0.4 is 9.62 Å². The first-order valence-electron chi connectivity index (χ1n) is 13.3. The quantitative estimate of drug-likeness (QED) is 0.365. The van der Waals surface area contributed by atoms with E-state index < -0.39 is 28.5 Å². The van der Waals surface area contributed by atoms with Crippen molar-refractivity contribution in [2.75, 3.05) is 10.8 Å². The Morgan fingerprint density at radius 1 is 0.846 bits per heavy atom. The summed E-state index contributed by atoms with van der Waals surface area (Å²) < 4.78 is 29.2. The minimum Gasteiger partial charge on any atom is -0.352 e. The standard InChI is InChI=1S/C31H39N3O4S/c1-7-26-13-10-11-15-29(26)34(39(37,38)28-18-16-23(4)17-19-28)21-30(35)33(25(6)31(36)32-22(2)3)20-27-14-9-8-12-24(27)5/h8-19,22,25H,7,20-21H2,1-6H3,(H,32,36)/t25-/m1/s1. The normalized spacial score (nSPS) is 12.2. The zero-order valence-corrected chi connectivity index (χ0v) is 24.5. The molecule has 0 aliphatic heterocycles. The van der Waals surface area contributed by atoms with Crippen LogP contribution >= 0.6 is 0 Å². The number of benzene rings is 3. The minimum absolute atomic E-state index is 0.0999. The van der Waals surface area contributed by atoms with Gasteiger partial charge in [-0.1, -0.05) is 67.1 Å². The second-order valence-corrected chi connectivity index (χ2v) is 12.0. The molecule has 0 heterocycles. The van der Waals surface area contributed by atoms with Gasteiger partial charge in [-0.2, -0.15) is 0 Å². The van der Waals surface area contributed by atoms with Gasteiger partial charge in [0.15, 0.2) is 0 Å². The molecule has 0 aliphatic carbocycles. The number of carbonyl (C=O) groups excluding carboxylic acids is 2. The zero-order chi connectivity index (χ0) is 28.7. The van der Waals surface area contributed by atoms with E-state index in [0.29, 0.717) is 12.1 Å². The molecular weight excluding hydrogens is 510 g/mol. The molecule has 1 N–H and O–H groups in total. The maximum Gasteiger partial charge on any atom is 0.264 e. The van der Waals surface area contributed by atoms with Crippen LogP contribution in [0.15, 0.2) is 77.7 Å². The van der Waals surface area contributed by atoms with Crippen molar-refractivity contribution in [1.29, 1.82) is 0 Å². The predicted molar refractivity (Wildman–Crippen MR) is 156 cm³/mol. The molecule has 0 unspecified atom stereocenters. The smallest absolute Gasteiger partial charge is 0.264 e. The number of sulfonamides is 1. The van der Waals surface area contributed by atoms with Crippen molar-refractivity contribution in [3.05, 3.63) is 95.1 Å². The fourth-order valence-electron chi connectivity index (χ4n) is 4.36. The molecule has 3 rings (SSSR count). The Hall–Kier alpha value is -3.65. The number of hydrogen-bond donors (Lipinski definition) is 1. The van der Waals surface area contributed by atoms with Gasteiger partial charge in [-0.15, -0.1) is 0 Å². The lowest BCUT2D eigenvalue weighted by molar-refractivity contribution is -0.139. The lowest BCUT2D eigenvalue weighted by atomic mass is 10.1. The van der Waals surface area contributed by atoms with E-state index in [-0.39, 0.29) is 23.4 Å². The first-order chi connectivity index (χ1) is 18.4. The van der Waals surface area contributed by atoms with Crippen molar-refractivity contribution in [2.45, 2.75) is 71.5 Å². The number of anilines is 1. The van der Waals surface area contributed by atoms with Crippen LogP contribution in [-0.4, -0.2) is 43.8 Å². The summed E-state index contributed by atoms with van der Waals surface area (Å²) in [5, 5.41) is 2.88. The molecule has 0 spiro atoms. The van der Waals surface area contributed by atoms with E-state index in [9.17, 15) is 18.0 Å². The number of aryl methyl sites for hydroxylation is 3. The summed E-state index contributed by atoms with van der Waals surface area (Å²) >= 11 is 0. The minimum atomic E-state index is -4.09. The lowest BCUT2D eigenvalue weighted by Crippen LogP contribution is -2.52. The Morgan fingerprint density at radius 2 is 1.44 bits per heavy atom. The zero-order valence-electron chi connectivity index (χ0n) is 23.6. The molecule has 0 bridgehead atoms. The second-order valence-electron chi connectivity index (χ2n) is 10.1. The Kier molecular flexibility index (Phi) is 9.92. The topological polar surface area (TPSA) is 86.8 Å². The largest absolute Gasteiger partial charge is 0.352 e. The molecule has 208 valence electrons. The van der Waals surface area contributed by atoms with E-state index >= 15 is 0 Å². The van der Waals surface area contributed by atoms with Gasteiger partial charge in [0.1, 0.15) is 12.6 Å². The number of para-hydroxylation sites is 1. The van der Waals surface area contributed by atoms with Crippen LogP contribution in [0, 0.1) is 13.8 Å². The van der Waals surface area contributed by atoms with Crippen LogP contribution in [0.25, 0.3) is 0 Å². The highest BCUT2D eigenvalue weighted by molar-refractivity contribution is 7.92. The van der Waals surface area contributed by atoms with E-state index in [1.54, 1.807) is 43.3 Å². The maximum atomic E-state index is 14.0. The van der Waals surface area contributed by atoms with E-state index in [1.807, 2.05) is 71.0 Å². The lowest BCUT2D eigenvalue weighted by Gasteiger charge is -2.33. The number of amides is 2. The molecule has 0 saturated carbocycles. The molecular formula is C31H39N3O4S. The number of nitrogens with zero attached hydrogens (tertiary/aromatic N) is 2. The summed E-state index contributed by atoms with van der Waals surface area (Å²) in [6.45, 7) is 10.9. The summed E-state index contributed by atoms with van der Waals surface area (Å²) in [6, 6.07) is 20.5. The number of rotatable bonds is 11. The summed E-state index contributed by atoms with van der Waals surface area (Å²) in [5.74, 6) is -0.764. The van der Waals surface area contributed by atoms with Crippen molar-refractivity contribution in [1.82, 2.24) is 10.2 Å². The van der Waals surface area contributed by atoms with E-state index in [1.165, 1.54) is 9.21 Å². The highest BCUT2D eigenvalue weighted by atomic mass is 32.2.